The Kier molecular flexibility index (Phi) is 3.85. The Labute approximate surface area is 143 Å². The second kappa shape index (κ2) is 6.18. The molecule has 6 nitrogen and oxygen atoms in total. The molecule has 2 aromatic heterocycles. The lowest BCUT2D eigenvalue weighted by Gasteiger charge is -2.18. The molecule has 4 rings (SSSR count). The lowest BCUT2D eigenvalue weighted by molar-refractivity contribution is 0.228. The monoisotopic (exact) mass is 340 g/mol. The number of aliphatic hydroxyl groups excluding tert-OH is 1. The molecule has 0 amide bonds. The van der Waals surface area contributed by atoms with Crippen LogP contribution in [0.5, 0.6) is 5.75 Å². The van der Waals surface area contributed by atoms with Gasteiger partial charge >= 0.3 is 0 Å². The van der Waals surface area contributed by atoms with Gasteiger partial charge in [-0.25, -0.2) is 13.9 Å². The molecule has 2 bridgehead atoms. The lowest BCUT2D eigenvalue weighted by Crippen LogP contribution is -2.11. The first-order valence-electron chi connectivity index (χ1n) is 7.99. The molecule has 0 saturated carbocycles. The van der Waals surface area contributed by atoms with Crippen molar-refractivity contribution in [1.29, 1.82) is 0 Å². The Hall–Kier alpha value is -2.93. The summed E-state index contributed by atoms with van der Waals surface area (Å²) in [6, 6.07) is 5.99. The van der Waals surface area contributed by atoms with Gasteiger partial charge in [-0.1, -0.05) is 6.08 Å². The van der Waals surface area contributed by atoms with Crippen molar-refractivity contribution in [1.82, 2.24) is 14.6 Å². The molecule has 3 heterocycles. The highest BCUT2D eigenvalue weighted by atomic mass is 19.1. The minimum atomic E-state index is -0.838. The summed E-state index contributed by atoms with van der Waals surface area (Å²) in [6.07, 6.45) is 5.87. The number of rotatable bonds is 0. The highest BCUT2D eigenvalue weighted by molar-refractivity contribution is 5.54. The van der Waals surface area contributed by atoms with Gasteiger partial charge in [0, 0.05) is 17.3 Å². The second-order valence-corrected chi connectivity index (χ2v) is 5.91. The molecule has 0 aliphatic carbocycles. The Bertz CT molecular complexity index is 953. The number of nitrogens with zero attached hydrogens (tertiary/aromatic N) is 3. The van der Waals surface area contributed by atoms with Crippen LogP contribution in [0.1, 0.15) is 30.2 Å². The van der Waals surface area contributed by atoms with Gasteiger partial charge < -0.3 is 15.2 Å². The van der Waals surface area contributed by atoms with E-state index >= 15 is 0 Å². The number of fused-ring (bicyclic) bond motifs is 2. The molecule has 1 aliphatic rings. The maximum atomic E-state index is 13.7. The molecule has 128 valence electrons. The molecule has 1 aromatic carbocycles. The SMILES string of the molecule is C[C@H]1Nc2ccn3ncc(c3n2)C(O)/C=C/COc2ccc(F)cc21. The Morgan fingerprint density at radius 2 is 2.20 bits per heavy atom. The number of nitrogens with one attached hydrogen (secondary N) is 1. The predicted molar refractivity (Wildman–Crippen MR) is 91.0 cm³/mol. The van der Waals surface area contributed by atoms with Crippen molar-refractivity contribution in [3.63, 3.8) is 0 Å². The highest BCUT2D eigenvalue weighted by Gasteiger charge is 2.17. The summed E-state index contributed by atoms with van der Waals surface area (Å²) in [7, 11) is 0. The van der Waals surface area contributed by atoms with Crippen molar-refractivity contribution in [3.05, 3.63) is 65.8 Å². The molecule has 0 spiro atoms. The van der Waals surface area contributed by atoms with E-state index in [-0.39, 0.29) is 18.5 Å². The Balaban J connectivity index is 1.82. The van der Waals surface area contributed by atoms with Crippen LogP contribution in [0.4, 0.5) is 10.2 Å². The van der Waals surface area contributed by atoms with Crippen LogP contribution in [0.3, 0.4) is 0 Å². The van der Waals surface area contributed by atoms with Gasteiger partial charge in [0.15, 0.2) is 5.65 Å². The van der Waals surface area contributed by atoms with Gasteiger partial charge in [0.05, 0.1) is 12.2 Å². The van der Waals surface area contributed by atoms with Gasteiger partial charge in [-0.2, -0.15) is 5.10 Å². The van der Waals surface area contributed by atoms with E-state index in [0.29, 0.717) is 28.3 Å². The smallest absolute Gasteiger partial charge is 0.163 e. The van der Waals surface area contributed by atoms with Gasteiger partial charge in [-0.3, -0.25) is 0 Å². The Morgan fingerprint density at radius 1 is 1.32 bits per heavy atom. The highest BCUT2D eigenvalue weighted by Crippen LogP contribution is 2.29. The topological polar surface area (TPSA) is 71.7 Å². The Morgan fingerprint density at radius 3 is 3.08 bits per heavy atom. The molecule has 25 heavy (non-hydrogen) atoms. The minimum Gasteiger partial charge on any atom is -0.489 e. The quantitative estimate of drug-likeness (QED) is 0.616. The zero-order valence-electron chi connectivity index (χ0n) is 13.6. The number of aliphatic hydroxyl groups is 1. The van der Waals surface area contributed by atoms with Gasteiger partial charge in [-0.05, 0) is 37.3 Å². The van der Waals surface area contributed by atoms with Crippen LogP contribution in [-0.4, -0.2) is 26.3 Å². The van der Waals surface area contributed by atoms with Gasteiger partial charge in [0.25, 0.3) is 0 Å². The largest absolute Gasteiger partial charge is 0.489 e. The summed E-state index contributed by atoms with van der Waals surface area (Å²) in [5, 5.41) is 17.8. The zero-order valence-corrected chi connectivity index (χ0v) is 13.6. The zero-order chi connectivity index (χ0) is 17.4. The molecule has 2 N–H and O–H groups in total. The van der Waals surface area contributed by atoms with E-state index in [1.165, 1.54) is 12.1 Å². The van der Waals surface area contributed by atoms with Crippen molar-refractivity contribution in [3.8, 4) is 5.75 Å². The van der Waals surface area contributed by atoms with E-state index in [0.717, 1.165) is 0 Å². The predicted octanol–water partition coefficient (Wildman–Crippen LogP) is 3.02. The molecule has 0 saturated heterocycles. The summed E-state index contributed by atoms with van der Waals surface area (Å²) in [5.41, 5.74) is 1.87. The third kappa shape index (κ3) is 2.94. The molecule has 3 aromatic rings. The average molecular weight is 340 g/mol. The van der Waals surface area contributed by atoms with Crippen LogP contribution in [-0.2, 0) is 0 Å². The van der Waals surface area contributed by atoms with Crippen LogP contribution < -0.4 is 10.1 Å². The third-order valence-electron chi connectivity index (χ3n) is 4.17. The number of benzene rings is 1. The summed E-state index contributed by atoms with van der Waals surface area (Å²) < 4.78 is 21.0. The standard InChI is InChI=1S/C18H17FN4O2/c1-11-13-9-12(19)4-5-16(13)25-8-2-3-15(24)14-10-20-23-7-6-17(21-11)22-18(14)23/h2-7,9-11,15,24H,8H2,1H3,(H,21,22)/b3-2+/t11-,15?/m1/s1. The molecular weight excluding hydrogens is 323 g/mol. The van der Waals surface area contributed by atoms with Crippen molar-refractivity contribution in [2.24, 2.45) is 0 Å². The molecule has 0 fully saturated rings. The minimum absolute atomic E-state index is 0.221. The van der Waals surface area contributed by atoms with E-state index in [2.05, 4.69) is 15.4 Å². The first-order chi connectivity index (χ1) is 12.1. The van der Waals surface area contributed by atoms with Crippen molar-refractivity contribution >= 4 is 11.5 Å². The number of hydrogen-bond donors (Lipinski definition) is 2. The van der Waals surface area contributed by atoms with Crippen LogP contribution in [0.2, 0.25) is 0 Å². The van der Waals surface area contributed by atoms with E-state index in [1.54, 1.807) is 41.2 Å². The average Bonchev–Trinajstić information content (AvgIpc) is 3.02. The summed E-state index contributed by atoms with van der Waals surface area (Å²) in [5.74, 6) is 0.865. The normalized spacial score (nSPS) is 21.4. The van der Waals surface area contributed by atoms with Crippen LogP contribution >= 0.6 is 0 Å². The number of ether oxygens (including phenoxy) is 1. The van der Waals surface area contributed by atoms with Crippen LogP contribution in [0, 0.1) is 5.82 Å². The van der Waals surface area contributed by atoms with Crippen molar-refractivity contribution in [2.45, 2.75) is 19.1 Å². The van der Waals surface area contributed by atoms with E-state index < -0.39 is 6.10 Å². The van der Waals surface area contributed by atoms with E-state index in [9.17, 15) is 9.50 Å². The fraction of sp³-hybridized carbons (Fsp3) is 0.222. The fourth-order valence-electron chi connectivity index (χ4n) is 2.89. The maximum Gasteiger partial charge on any atom is 0.163 e. The lowest BCUT2D eigenvalue weighted by atomic mass is 10.1. The first kappa shape index (κ1) is 15.6. The summed E-state index contributed by atoms with van der Waals surface area (Å²) in [4.78, 5) is 4.54. The van der Waals surface area contributed by atoms with E-state index in [4.69, 9.17) is 4.74 Å². The number of halogens is 1. The molecule has 1 aliphatic heterocycles. The van der Waals surface area contributed by atoms with Gasteiger partial charge in [0.2, 0.25) is 0 Å². The van der Waals surface area contributed by atoms with Gasteiger partial charge in [0.1, 0.15) is 30.1 Å². The number of aromatic nitrogens is 3. The number of hydrogen-bond acceptors (Lipinski definition) is 5. The van der Waals surface area contributed by atoms with Crippen molar-refractivity contribution < 1.29 is 14.2 Å². The van der Waals surface area contributed by atoms with Gasteiger partial charge in [-0.15, -0.1) is 0 Å². The molecule has 0 radical (unpaired) electrons. The molecule has 1 unspecified atom stereocenters. The number of anilines is 1. The molecular formula is C18H17FN4O2. The first-order valence-corrected chi connectivity index (χ1v) is 7.99. The molecule has 7 heteroatoms. The summed E-state index contributed by atoms with van der Waals surface area (Å²) in [6.45, 7) is 2.17. The molecule has 2 atom stereocenters. The maximum absolute atomic E-state index is 13.7. The van der Waals surface area contributed by atoms with Crippen LogP contribution in [0.15, 0.2) is 48.8 Å². The fourth-order valence-corrected chi connectivity index (χ4v) is 2.89. The third-order valence-corrected chi connectivity index (χ3v) is 4.17. The summed E-state index contributed by atoms with van der Waals surface area (Å²) >= 11 is 0. The van der Waals surface area contributed by atoms with Crippen LogP contribution in [0.25, 0.3) is 5.65 Å². The van der Waals surface area contributed by atoms with Crippen molar-refractivity contribution in [2.75, 3.05) is 11.9 Å². The van der Waals surface area contributed by atoms with E-state index in [1.807, 2.05) is 6.92 Å². The second-order valence-electron chi connectivity index (χ2n) is 5.91.